The quantitative estimate of drug-likeness (QED) is 0.144. The fourth-order valence-corrected chi connectivity index (χ4v) is 4.26. The number of esters is 1. The number of ether oxygens (including phenoxy) is 1. The van der Waals surface area contributed by atoms with Crippen LogP contribution < -0.4 is 11.1 Å². The number of β-lactam (4-membered cyclic amide) rings is 1. The predicted molar refractivity (Wildman–Crippen MR) is 111 cm³/mol. The van der Waals surface area contributed by atoms with Gasteiger partial charge in [0.25, 0.3) is 11.8 Å². The van der Waals surface area contributed by atoms with Gasteiger partial charge >= 0.3 is 16.3 Å². The van der Waals surface area contributed by atoms with Gasteiger partial charge in [-0.1, -0.05) is 23.4 Å². The maximum atomic E-state index is 12.7. The number of oxime groups is 1. The van der Waals surface area contributed by atoms with E-state index in [4.69, 9.17) is 10.5 Å². The number of nitrogens with one attached hydrogen (secondary N) is 1. The molecule has 15 heteroatoms. The van der Waals surface area contributed by atoms with E-state index in [-0.39, 0.29) is 26.4 Å². The standard InChI is InChI=1S/C17H17N5O8S2/c1-29-21-12(10-8-31-17(18)19-10)14(23)20-13-11(22(15(13)24)32(26,27)28)7-30-16(25)9-5-3-2-4-6-9/h2-6,8,11,13H,7H2,1H3,(H2,18,19)(H,20,23)(H,26,27,28)/t11-,13+/m1/s1. The Morgan fingerprint density at radius 3 is 2.59 bits per heavy atom. The summed E-state index contributed by atoms with van der Waals surface area (Å²) < 4.78 is 37.7. The van der Waals surface area contributed by atoms with Gasteiger partial charge in [0.2, 0.25) is 0 Å². The summed E-state index contributed by atoms with van der Waals surface area (Å²) in [7, 11) is -3.78. The average molecular weight is 483 g/mol. The molecule has 13 nitrogen and oxygen atoms in total. The molecule has 1 saturated heterocycles. The summed E-state index contributed by atoms with van der Waals surface area (Å²) in [6.07, 6.45) is 0. The molecule has 1 fully saturated rings. The van der Waals surface area contributed by atoms with Crippen LogP contribution in [0.1, 0.15) is 16.1 Å². The lowest BCUT2D eigenvalue weighted by Gasteiger charge is -2.43. The molecule has 0 bridgehead atoms. The third-order valence-electron chi connectivity index (χ3n) is 4.26. The van der Waals surface area contributed by atoms with E-state index in [0.29, 0.717) is 0 Å². The second-order valence-electron chi connectivity index (χ2n) is 6.29. The van der Waals surface area contributed by atoms with Crippen LogP contribution in [-0.4, -0.2) is 71.6 Å². The van der Waals surface area contributed by atoms with E-state index in [1.54, 1.807) is 18.2 Å². The number of nitrogens with two attached hydrogens (primary N) is 1. The molecular formula is C17H17N5O8S2. The number of carbonyl (C=O) groups is 3. The van der Waals surface area contributed by atoms with Crippen molar-refractivity contribution in [2.45, 2.75) is 12.1 Å². The van der Waals surface area contributed by atoms with Crippen LogP contribution in [0.4, 0.5) is 5.13 Å². The zero-order valence-electron chi connectivity index (χ0n) is 16.4. The van der Waals surface area contributed by atoms with E-state index < -0.39 is 46.8 Å². The first kappa shape index (κ1) is 23.1. The zero-order valence-corrected chi connectivity index (χ0v) is 18.0. The molecule has 2 atom stereocenters. The van der Waals surface area contributed by atoms with Crippen LogP contribution in [0.5, 0.6) is 0 Å². The molecule has 1 aromatic heterocycles. The number of benzene rings is 1. The Morgan fingerprint density at radius 2 is 2.03 bits per heavy atom. The van der Waals surface area contributed by atoms with Gasteiger partial charge in [-0.05, 0) is 12.1 Å². The summed E-state index contributed by atoms with van der Waals surface area (Å²) in [5.74, 6) is -2.84. The summed E-state index contributed by atoms with van der Waals surface area (Å²) in [6, 6.07) is 4.99. The molecule has 2 heterocycles. The Kier molecular flexibility index (Phi) is 6.71. The number of nitrogen functional groups attached to an aromatic ring is 1. The number of aromatic nitrogens is 1. The number of amides is 2. The summed E-state index contributed by atoms with van der Waals surface area (Å²) >= 11 is 1.03. The highest BCUT2D eigenvalue weighted by atomic mass is 32.2. The highest BCUT2D eigenvalue weighted by Gasteiger charge is 2.55. The molecule has 3 rings (SSSR count). The molecule has 0 aliphatic carbocycles. The van der Waals surface area contributed by atoms with Crippen LogP contribution in [0, 0.1) is 0 Å². The third kappa shape index (κ3) is 4.84. The monoisotopic (exact) mass is 483 g/mol. The molecule has 0 unspecified atom stereocenters. The van der Waals surface area contributed by atoms with Crippen molar-refractivity contribution in [2.75, 3.05) is 19.5 Å². The highest BCUT2D eigenvalue weighted by molar-refractivity contribution is 7.84. The summed E-state index contributed by atoms with van der Waals surface area (Å²) in [5.41, 5.74) is 5.49. The normalized spacial score (nSPS) is 18.6. The molecule has 2 amide bonds. The van der Waals surface area contributed by atoms with Crippen molar-refractivity contribution in [3.05, 3.63) is 47.0 Å². The minimum absolute atomic E-state index is 0.0670. The van der Waals surface area contributed by atoms with Crippen molar-refractivity contribution < 1.29 is 36.9 Å². The number of nitrogens with zero attached hydrogens (tertiary/aromatic N) is 3. The first-order chi connectivity index (χ1) is 15.1. The Morgan fingerprint density at radius 1 is 1.34 bits per heavy atom. The van der Waals surface area contributed by atoms with Crippen molar-refractivity contribution in [1.82, 2.24) is 14.6 Å². The molecular weight excluding hydrogens is 466 g/mol. The van der Waals surface area contributed by atoms with Crippen molar-refractivity contribution in [3.8, 4) is 0 Å². The number of hydrogen-bond acceptors (Lipinski definition) is 11. The number of rotatable bonds is 8. The molecule has 4 N–H and O–H groups in total. The van der Waals surface area contributed by atoms with Crippen LogP contribution in [-0.2, 0) is 29.5 Å². The van der Waals surface area contributed by atoms with Gasteiger partial charge in [0, 0.05) is 5.38 Å². The Hall–Kier alpha value is -3.56. The Labute approximate surface area is 185 Å². The first-order valence-electron chi connectivity index (χ1n) is 8.79. The van der Waals surface area contributed by atoms with Gasteiger partial charge in [-0.25, -0.2) is 14.1 Å². The highest BCUT2D eigenvalue weighted by Crippen LogP contribution is 2.25. The number of hydrogen-bond donors (Lipinski definition) is 3. The van der Waals surface area contributed by atoms with Gasteiger partial charge in [0.1, 0.15) is 31.5 Å². The van der Waals surface area contributed by atoms with Gasteiger partial charge < -0.3 is 20.6 Å². The molecule has 0 radical (unpaired) electrons. The Balaban J connectivity index is 1.77. The molecule has 170 valence electrons. The van der Waals surface area contributed by atoms with Crippen molar-refractivity contribution in [2.24, 2.45) is 5.16 Å². The van der Waals surface area contributed by atoms with Crippen molar-refractivity contribution in [3.63, 3.8) is 0 Å². The van der Waals surface area contributed by atoms with Crippen LogP contribution in [0.15, 0.2) is 40.9 Å². The summed E-state index contributed by atoms with van der Waals surface area (Å²) in [6.45, 7) is -0.620. The van der Waals surface area contributed by atoms with E-state index >= 15 is 0 Å². The minimum atomic E-state index is -4.97. The molecule has 0 saturated carbocycles. The first-order valence-corrected chi connectivity index (χ1v) is 11.1. The van der Waals surface area contributed by atoms with Gasteiger partial charge in [-0.3, -0.25) is 14.1 Å². The number of carbonyl (C=O) groups excluding carboxylic acids is 3. The lowest BCUT2D eigenvalue weighted by Crippen LogP contribution is -2.73. The molecule has 0 spiro atoms. The molecule has 32 heavy (non-hydrogen) atoms. The van der Waals surface area contributed by atoms with Crippen molar-refractivity contribution >= 4 is 50.3 Å². The SMILES string of the molecule is CON=C(C(=O)N[C@@H]1C(=O)N(S(=O)(=O)O)[C@@H]1COC(=O)c1ccccc1)c1csc(N)n1. The fraction of sp³-hybridized carbons (Fsp3) is 0.235. The fourth-order valence-electron chi connectivity index (χ4n) is 2.85. The van der Waals surface area contributed by atoms with Crippen LogP contribution in [0.2, 0.25) is 0 Å². The van der Waals surface area contributed by atoms with E-state index in [1.807, 2.05) is 0 Å². The van der Waals surface area contributed by atoms with E-state index in [0.717, 1.165) is 11.3 Å². The molecule has 1 aliphatic heterocycles. The minimum Gasteiger partial charge on any atom is -0.460 e. The summed E-state index contributed by atoms with van der Waals surface area (Å²) in [5, 5.41) is 7.44. The maximum Gasteiger partial charge on any atom is 0.362 e. The van der Waals surface area contributed by atoms with Gasteiger partial charge in [0.15, 0.2) is 10.8 Å². The number of anilines is 1. The smallest absolute Gasteiger partial charge is 0.362 e. The second kappa shape index (κ2) is 9.29. The lowest BCUT2D eigenvalue weighted by molar-refractivity contribution is -0.146. The van der Waals surface area contributed by atoms with E-state index in [1.165, 1.54) is 24.6 Å². The lowest BCUT2D eigenvalue weighted by atomic mass is 9.99. The van der Waals surface area contributed by atoms with Crippen molar-refractivity contribution in [1.29, 1.82) is 0 Å². The van der Waals surface area contributed by atoms with E-state index in [2.05, 4.69) is 20.3 Å². The van der Waals surface area contributed by atoms with E-state index in [9.17, 15) is 27.4 Å². The molecule has 2 aromatic rings. The second-order valence-corrected chi connectivity index (χ2v) is 8.47. The zero-order chi connectivity index (χ0) is 23.5. The average Bonchev–Trinajstić information content (AvgIpc) is 3.17. The largest absolute Gasteiger partial charge is 0.460 e. The third-order valence-corrected chi connectivity index (χ3v) is 5.88. The predicted octanol–water partition coefficient (Wildman–Crippen LogP) is -0.569. The summed E-state index contributed by atoms with van der Waals surface area (Å²) in [4.78, 5) is 45.7. The maximum absolute atomic E-state index is 12.7. The van der Waals surface area contributed by atoms with Crippen LogP contribution in [0.3, 0.4) is 0 Å². The van der Waals surface area contributed by atoms with Crippen LogP contribution >= 0.6 is 11.3 Å². The van der Waals surface area contributed by atoms with Crippen LogP contribution in [0.25, 0.3) is 0 Å². The Bertz CT molecular complexity index is 1160. The topological polar surface area (TPSA) is 191 Å². The van der Waals surface area contributed by atoms with Gasteiger partial charge in [0.05, 0.1) is 5.56 Å². The number of thiazole rings is 1. The van der Waals surface area contributed by atoms with Gasteiger partial charge in [-0.2, -0.15) is 8.42 Å². The van der Waals surface area contributed by atoms with Gasteiger partial charge in [-0.15, -0.1) is 11.3 Å². The molecule has 1 aromatic carbocycles. The molecule has 1 aliphatic rings.